The van der Waals surface area contributed by atoms with Crippen molar-refractivity contribution < 1.29 is 4.79 Å². The summed E-state index contributed by atoms with van der Waals surface area (Å²) in [4.78, 5) is 14.8. The standard InChI is InChI=1S/C14H24N2OS.ClH/c1-4-11-7-8-12(18-11)9-16-13(17)14(5-2,6-3)10-15;/h7-8H,4-6,9-10,15H2,1-3H3,(H,16,17);1H. The van der Waals surface area contributed by atoms with Crippen molar-refractivity contribution >= 4 is 29.7 Å². The minimum absolute atomic E-state index is 0. The minimum Gasteiger partial charge on any atom is -0.351 e. The van der Waals surface area contributed by atoms with E-state index in [-0.39, 0.29) is 18.3 Å². The number of nitrogens with two attached hydrogens (primary N) is 1. The maximum atomic E-state index is 12.2. The zero-order valence-corrected chi connectivity index (χ0v) is 13.6. The van der Waals surface area contributed by atoms with Gasteiger partial charge in [0, 0.05) is 16.3 Å². The lowest BCUT2D eigenvalue weighted by Crippen LogP contribution is -2.44. The number of aryl methyl sites for hydroxylation is 1. The number of halogens is 1. The van der Waals surface area contributed by atoms with Crippen LogP contribution in [0, 0.1) is 5.41 Å². The number of nitrogens with one attached hydrogen (secondary N) is 1. The molecule has 1 aromatic heterocycles. The van der Waals surface area contributed by atoms with Gasteiger partial charge in [0.15, 0.2) is 0 Å². The van der Waals surface area contributed by atoms with E-state index in [0.29, 0.717) is 13.1 Å². The van der Waals surface area contributed by atoms with Crippen LogP contribution in [0.3, 0.4) is 0 Å². The molecule has 5 heteroatoms. The summed E-state index contributed by atoms with van der Waals surface area (Å²) in [5.74, 6) is 0.0847. The van der Waals surface area contributed by atoms with Crippen LogP contribution < -0.4 is 11.1 Å². The molecule has 0 unspecified atom stereocenters. The molecule has 110 valence electrons. The highest BCUT2D eigenvalue weighted by atomic mass is 35.5. The predicted molar refractivity (Wildman–Crippen MR) is 84.9 cm³/mol. The summed E-state index contributed by atoms with van der Waals surface area (Å²) in [6.45, 7) is 7.22. The Morgan fingerprint density at radius 2 is 1.84 bits per heavy atom. The molecule has 0 fully saturated rings. The molecule has 1 amide bonds. The number of hydrogen-bond acceptors (Lipinski definition) is 3. The summed E-state index contributed by atoms with van der Waals surface area (Å²) in [5, 5.41) is 3.02. The van der Waals surface area contributed by atoms with Crippen LogP contribution >= 0.6 is 23.7 Å². The fourth-order valence-electron chi connectivity index (χ4n) is 2.01. The smallest absolute Gasteiger partial charge is 0.227 e. The Bertz CT molecular complexity index is 380. The fourth-order valence-corrected chi connectivity index (χ4v) is 2.91. The molecule has 1 rings (SSSR count). The molecule has 0 saturated carbocycles. The second-order valence-electron chi connectivity index (χ2n) is 4.60. The predicted octanol–water partition coefficient (Wildman–Crippen LogP) is 3.11. The van der Waals surface area contributed by atoms with Crippen molar-refractivity contribution in [1.82, 2.24) is 5.32 Å². The first-order valence-electron chi connectivity index (χ1n) is 6.67. The number of carbonyl (C=O) groups is 1. The number of amides is 1. The maximum Gasteiger partial charge on any atom is 0.227 e. The second kappa shape index (κ2) is 8.56. The monoisotopic (exact) mass is 304 g/mol. The SMILES string of the molecule is CCc1ccc(CNC(=O)C(CC)(CC)CN)s1.Cl. The molecule has 1 heterocycles. The highest BCUT2D eigenvalue weighted by Gasteiger charge is 2.32. The molecule has 0 aliphatic heterocycles. The zero-order chi connectivity index (χ0) is 13.6. The second-order valence-corrected chi connectivity index (χ2v) is 5.85. The molecule has 0 atom stereocenters. The Morgan fingerprint density at radius 1 is 1.26 bits per heavy atom. The highest BCUT2D eigenvalue weighted by molar-refractivity contribution is 7.11. The van der Waals surface area contributed by atoms with Crippen LogP contribution in [0.5, 0.6) is 0 Å². The lowest BCUT2D eigenvalue weighted by molar-refractivity contribution is -0.131. The molecule has 0 spiro atoms. The Balaban J connectivity index is 0.00000324. The van der Waals surface area contributed by atoms with E-state index in [9.17, 15) is 4.79 Å². The average molecular weight is 305 g/mol. The van der Waals surface area contributed by atoms with E-state index in [4.69, 9.17) is 5.73 Å². The van der Waals surface area contributed by atoms with Crippen LogP contribution in [0.2, 0.25) is 0 Å². The number of thiophene rings is 1. The Labute approximate surface area is 126 Å². The van der Waals surface area contributed by atoms with Gasteiger partial charge in [-0.3, -0.25) is 4.79 Å². The first-order chi connectivity index (χ1) is 8.61. The van der Waals surface area contributed by atoms with E-state index in [1.807, 2.05) is 13.8 Å². The van der Waals surface area contributed by atoms with Crippen molar-refractivity contribution in [2.45, 2.75) is 46.6 Å². The number of hydrogen-bond donors (Lipinski definition) is 2. The van der Waals surface area contributed by atoms with Crippen molar-refractivity contribution in [2.24, 2.45) is 11.1 Å². The van der Waals surface area contributed by atoms with Gasteiger partial charge in [-0.25, -0.2) is 0 Å². The number of rotatable bonds is 7. The molecular formula is C14H25ClN2OS. The third-order valence-electron chi connectivity index (χ3n) is 3.71. The lowest BCUT2D eigenvalue weighted by atomic mass is 9.81. The summed E-state index contributed by atoms with van der Waals surface area (Å²) < 4.78 is 0. The molecule has 0 bridgehead atoms. The van der Waals surface area contributed by atoms with Crippen molar-refractivity contribution in [3.63, 3.8) is 0 Å². The van der Waals surface area contributed by atoms with Gasteiger partial charge in [0.2, 0.25) is 5.91 Å². The summed E-state index contributed by atoms with van der Waals surface area (Å²) >= 11 is 1.76. The normalized spacial score (nSPS) is 10.9. The van der Waals surface area contributed by atoms with Gasteiger partial charge in [0.1, 0.15) is 0 Å². The van der Waals surface area contributed by atoms with Crippen LogP contribution in [0.15, 0.2) is 12.1 Å². The van der Waals surface area contributed by atoms with Crippen molar-refractivity contribution in [3.05, 3.63) is 21.9 Å². The molecule has 19 heavy (non-hydrogen) atoms. The molecule has 1 aromatic rings. The Morgan fingerprint density at radius 3 is 2.26 bits per heavy atom. The van der Waals surface area contributed by atoms with Crippen LogP contribution in [-0.4, -0.2) is 12.5 Å². The first-order valence-corrected chi connectivity index (χ1v) is 7.49. The van der Waals surface area contributed by atoms with Gasteiger partial charge in [-0.05, 0) is 31.4 Å². The van der Waals surface area contributed by atoms with E-state index in [2.05, 4.69) is 24.4 Å². The van der Waals surface area contributed by atoms with Gasteiger partial charge in [0.25, 0.3) is 0 Å². The summed E-state index contributed by atoms with van der Waals surface area (Å²) in [6, 6.07) is 4.22. The van der Waals surface area contributed by atoms with Gasteiger partial charge in [-0.2, -0.15) is 0 Å². The maximum absolute atomic E-state index is 12.2. The summed E-state index contributed by atoms with van der Waals surface area (Å²) in [5.41, 5.74) is 5.37. The largest absolute Gasteiger partial charge is 0.351 e. The average Bonchev–Trinajstić information content (AvgIpc) is 2.87. The quantitative estimate of drug-likeness (QED) is 0.813. The van der Waals surface area contributed by atoms with E-state index >= 15 is 0 Å². The zero-order valence-electron chi connectivity index (χ0n) is 12.0. The van der Waals surface area contributed by atoms with Gasteiger partial charge in [-0.15, -0.1) is 23.7 Å². The third kappa shape index (κ3) is 4.48. The van der Waals surface area contributed by atoms with E-state index < -0.39 is 5.41 Å². The molecule has 0 aromatic carbocycles. The highest BCUT2D eigenvalue weighted by Crippen LogP contribution is 2.25. The number of carbonyl (C=O) groups excluding carboxylic acids is 1. The first kappa shape index (κ1) is 18.4. The molecule has 0 radical (unpaired) electrons. The Kier molecular flexibility index (Phi) is 8.30. The summed E-state index contributed by atoms with van der Waals surface area (Å²) in [7, 11) is 0. The van der Waals surface area contributed by atoms with Crippen molar-refractivity contribution in [2.75, 3.05) is 6.54 Å². The molecule has 0 saturated heterocycles. The molecule has 3 nitrogen and oxygen atoms in total. The van der Waals surface area contributed by atoms with Crippen LogP contribution in [0.25, 0.3) is 0 Å². The van der Waals surface area contributed by atoms with E-state index in [1.54, 1.807) is 11.3 Å². The molecular weight excluding hydrogens is 280 g/mol. The van der Waals surface area contributed by atoms with E-state index in [1.165, 1.54) is 9.75 Å². The van der Waals surface area contributed by atoms with Crippen LogP contribution in [-0.2, 0) is 17.8 Å². The van der Waals surface area contributed by atoms with Gasteiger partial charge in [-0.1, -0.05) is 20.8 Å². The van der Waals surface area contributed by atoms with Crippen molar-refractivity contribution in [1.29, 1.82) is 0 Å². The molecule has 3 N–H and O–H groups in total. The summed E-state index contributed by atoms with van der Waals surface area (Å²) in [6.07, 6.45) is 2.63. The van der Waals surface area contributed by atoms with Crippen LogP contribution in [0.1, 0.15) is 43.4 Å². The minimum atomic E-state index is -0.398. The molecule has 0 aliphatic carbocycles. The third-order valence-corrected chi connectivity index (χ3v) is 4.94. The topological polar surface area (TPSA) is 55.1 Å². The van der Waals surface area contributed by atoms with Gasteiger partial charge < -0.3 is 11.1 Å². The van der Waals surface area contributed by atoms with E-state index in [0.717, 1.165) is 19.3 Å². The van der Waals surface area contributed by atoms with Crippen molar-refractivity contribution in [3.8, 4) is 0 Å². The Hall–Kier alpha value is -0.580. The van der Waals surface area contributed by atoms with Gasteiger partial charge >= 0.3 is 0 Å². The van der Waals surface area contributed by atoms with Crippen LogP contribution in [0.4, 0.5) is 0 Å². The van der Waals surface area contributed by atoms with Gasteiger partial charge in [0.05, 0.1) is 12.0 Å². The lowest BCUT2D eigenvalue weighted by Gasteiger charge is -2.28. The molecule has 0 aliphatic rings. The fraction of sp³-hybridized carbons (Fsp3) is 0.643.